The highest BCUT2D eigenvalue weighted by Gasteiger charge is 2.20. The lowest BCUT2D eigenvalue weighted by Gasteiger charge is -2.18. The molecular formula is C16H20O2. The molecule has 0 radical (unpaired) electrons. The average molecular weight is 244 g/mol. The maximum atomic E-state index is 11.0. The molecule has 0 amide bonds. The summed E-state index contributed by atoms with van der Waals surface area (Å²) in [5, 5.41) is 0. The number of cyclic esters (lactones) is 1. The summed E-state index contributed by atoms with van der Waals surface area (Å²) in [6.07, 6.45) is 5.29. The minimum atomic E-state index is -0.0901. The Morgan fingerprint density at radius 1 is 1.22 bits per heavy atom. The maximum absolute atomic E-state index is 11.0. The smallest absolute Gasteiger partial charge is 0.306 e. The number of hydrogen-bond acceptors (Lipinski definition) is 2. The molecule has 1 unspecified atom stereocenters. The van der Waals surface area contributed by atoms with Crippen molar-refractivity contribution in [3.8, 4) is 0 Å². The van der Waals surface area contributed by atoms with Crippen LogP contribution in [0.25, 0.3) is 6.08 Å². The van der Waals surface area contributed by atoms with Crippen LogP contribution >= 0.6 is 0 Å². The SMILES string of the molecule is CC(C)(C)c1ccc(/C=C/C2CCC(=O)O2)cc1. The highest BCUT2D eigenvalue weighted by atomic mass is 16.5. The third-order valence-corrected chi connectivity index (χ3v) is 3.20. The number of carbonyl (C=O) groups excluding carboxylic acids is 1. The van der Waals surface area contributed by atoms with E-state index >= 15 is 0 Å². The van der Waals surface area contributed by atoms with E-state index in [1.165, 1.54) is 5.56 Å². The van der Waals surface area contributed by atoms with Crippen molar-refractivity contribution < 1.29 is 9.53 Å². The molecule has 1 fully saturated rings. The lowest BCUT2D eigenvalue weighted by Crippen LogP contribution is -2.10. The van der Waals surface area contributed by atoms with Gasteiger partial charge in [0.15, 0.2) is 0 Å². The molecule has 18 heavy (non-hydrogen) atoms. The molecule has 1 aliphatic rings. The maximum Gasteiger partial charge on any atom is 0.306 e. The van der Waals surface area contributed by atoms with E-state index in [0.717, 1.165) is 12.0 Å². The Kier molecular flexibility index (Phi) is 3.55. The number of carbonyl (C=O) groups is 1. The quantitative estimate of drug-likeness (QED) is 0.741. The number of rotatable bonds is 2. The zero-order valence-electron chi connectivity index (χ0n) is 11.3. The van der Waals surface area contributed by atoms with E-state index in [4.69, 9.17) is 4.74 Å². The van der Waals surface area contributed by atoms with Crippen LogP contribution in [0.3, 0.4) is 0 Å². The van der Waals surface area contributed by atoms with Gasteiger partial charge in [-0.1, -0.05) is 51.1 Å². The first-order valence-electron chi connectivity index (χ1n) is 6.43. The fourth-order valence-corrected chi connectivity index (χ4v) is 1.99. The summed E-state index contributed by atoms with van der Waals surface area (Å²) in [4.78, 5) is 11.0. The van der Waals surface area contributed by atoms with E-state index in [-0.39, 0.29) is 17.5 Å². The lowest BCUT2D eigenvalue weighted by atomic mass is 9.87. The Bertz CT molecular complexity index is 449. The fraction of sp³-hybridized carbons (Fsp3) is 0.438. The molecule has 1 heterocycles. The summed E-state index contributed by atoms with van der Waals surface area (Å²) < 4.78 is 5.14. The zero-order valence-corrected chi connectivity index (χ0v) is 11.3. The molecule has 2 heteroatoms. The van der Waals surface area contributed by atoms with Gasteiger partial charge < -0.3 is 4.74 Å². The summed E-state index contributed by atoms with van der Waals surface area (Å²) in [7, 11) is 0. The van der Waals surface area contributed by atoms with Crippen molar-refractivity contribution in [2.45, 2.75) is 45.1 Å². The van der Waals surface area contributed by atoms with Crippen molar-refractivity contribution in [2.24, 2.45) is 0 Å². The van der Waals surface area contributed by atoms with Crippen LogP contribution in [0.1, 0.15) is 44.7 Å². The van der Waals surface area contributed by atoms with E-state index in [1.54, 1.807) is 0 Å². The van der Waals surface area contributed by atoms with Crippen molar-refractivity contribution in [3.63, 3.8) is 0 Å². The molecule has 0 saturated carbocycles. The van der Waals surface area contributed by atoms with Gasteiger partial charge in [-0.2, -0.15) is 0 Å². The molecule has 0 aliphatic carbocycles. The van der Waals surface area contributed by atoms with Crippen molar-refractivity contribution in [1.82, 2.24) is 0 Å². The standard InChI is InChI=1S/C16H20O2/c1-16(2,3)13-7-4-12(5-8-13)6-9-14-10-11-15(17)18-14/h4-9,14H,10-11H2,1-3H3/b9-6+. The molecule has 0 bridgehead atoms. The van der Waals surface area contributed by atoms with Crippen molar-refractivity contribution in [3.05, 3.63) is 41.5 Å². The third-order valence-electron chi connectivity index (χ3n) is 3.20. The van der Waals surface area contributed by atoms with Crippen LogP contribution in [0.4, 0.5) is 0 Å². The van der Waals surface area contributed by atoms with Gasteiger partial charge in [-0.25, -0.2) is 0 Å². The molecule has 1 aromatic rings. The Labute approximate surface area is 109 Å². The summed E-state index contributed by atoms with van der Waals surface area (Å²) in [5.74, 6) is -0.0901. The minimum absolute atomic E-state index is 0.0419. The van der Waals surface area contributed by atoms with Gasteiger partial charge in [0.1, 0.15) is 6.10 Å². The second-order valence-electron chi connectivity index (χ2n) is 5.80. The van der Waals surface area contributed by atoms with Crippen LogP contribution in [-0.4, -0.2) is 12.1 Å². The topological polar surface area (TPSA) is 26.3 Å². The Morgan fingerprint density at radius 3 is 2.39 bits per heavy atom. The van der Waals surface area contributed by atoms with E-state index in [2.05, 4.69) is 45.0 Å². The van der Waals surface area contributed by atoms with Crippen molar-refractivity contribution >= 4 is 12.0 Å². The lowest BCUT2D eigenvalue weighted by molar-refractivity contribution is -0.139. The van der Waals surface area contributed by atoms with Gasteiger partial charge in [0.25, 0.3) is 0 Å². The van der Waals surface area contributed by atoms with Gasteiger partial charge in [0.05, 0.1) is 0 Å². The van der Waals surface area contributed by atoms with Crippen molar-refractivity contribution in [2.75, 3.05) is 0 Å². The summed E-state index contributed by atoms with van der Waals surface area (Å²) in [6.45, 7) is 6.61. The van der Waals surface area contributed by atoms with Gasteiger partial charge in [0, 0.05) is 6.42 Å². The zero-order chi connectivity index (χ0) is 13.2. The molecule has 1 atom stereocenters. The van der Waals surface area contributed by atoms with Crippen LogP contribution in [0.2, 0.25) is 0 Å². The molecule has 1 aromatic carbocycles. The third kappa shape index (κ3) is 3.22. The highest BCUT2D eigenvalue weighted by molar-refractivity contribution is 5.72. The van der Waals surface area contributed by atoms with Gasteiger partial charge in [-0.05, 0) is 29.0 Å². The second kappa shape index (κ2) is 4.97. The Balaban J connectivity index is 2.02. The first kappa shape index (κ1) is 12.9. The van der Waals surface area contributed by atoms with Gasteiger partial charge in [0.2, 0.25) is 0 Å². The predicted molar refractivity (Wildman–Crippen MR) is 73.3 cm³/mol. The van der Waals surface area contributed by atoms with Crippen LogP contribution in [0.15, 0.2) is 30.3 Å². The monoisotopic (exact) mass is 244 g/mol. The molecular weight excluding hydrogens is 224 g/mol. The molecule has 0 N–H and O–H groups in total. The number of esters is 1. The van der Waals surface area contributed by atoms with Gasteiger partial charge in [-0.3, -0.25) is 4.79 Å². The molecule has 1 aliphatic heterocycles. The summed E-state index contributed by atoms with van der Waals surface area (Å²) >= 11 is 0. The number of benzene rings is 1. The summed E-state index contributed by atoms with van der Waals surface area (Å²) in [5.41, 5.74) is 2.65. The molecule has 96 valence electrons. The number of hydrogen-bond donors (Lipinski definition) is 0. The van der Waals surface area contributed by atoms with E-state index < -0.39 is 0 Å². The fourth-order valence-electron chi connectivity index (χ4n) is 1.99. The van der Waals surface area contributed by atoms with Crippen molar-refractivity contribution in [1.29, 1.82) is 0 Å². The second-order valence-corrected chi connectivity index (χ2v) is 5.80. The highest BCUT2D eigenvalue weighted by Crippen LogP contribution is 2.23. The van der Waals surface area contributed by atoms with Crippen LogP contribution in [-0.2, 0) is 14.9 Å². The minimum Gasteiger partial charge on any atom is -0.458 e. The molecule has 0 spiro atoms. The van der Waals surface area contributed by atoms with Gasteiger partial charge in [-0.15, -0.1) is 0 Å². The molecule has 2 rings (SSSR count). The molecule has 0 aromatic heterocycles. The van der Waals surface area contributed by atoms with E-state index in [9.17, 15) is 4.79 Å². The largest absolute Gasteiger partial charge is 0.458 e. The van der Waals surface area contributed by atoms with E-state index in [1.807, 2.05) is 12.2 Å². The Hall–Kier alpha value is -1.57. The Morgan fingerprint density at radius 2 is 1.89 bits per heavy atom. The summed E-state index contributed by atoms with van der Waals surface area (Å²) in [6, 6.07) is 8.52. The van der Waals surface area contributed by atoms with E-state index in [0.29, 0.717) is 6.42 Å². The normalized spacial score (nSPS) is 20.4. The average Bonchev–Trinajstić information content (AvgIpc) is 2.72. The molecule has 2 nitrogen and oxygen atoms in total. The van der Waals surface area contributed by atoms with Gasteiger partial charge >= 0.3 is 5.97 Å². The number of ether oxygens (including phenoxy) is 1. The van der Waals surface area contributed by atoms with Crippen LogP contribution in [0.5, 0.6) is 0 Å². The van der Waals surface area contributed by atoms with Crippen LogP contribution < -0.4 is 0 Å². The first-order valence-corrected chi connectivity index (χ1v) is 6.43. The molecule has 1 saturated heterocycles. The first-order chi connectivity index (χ1) is 8.45. The predicted octanol–water partition coefficient (Wildman–Crippen LogP) is 3.70. The van der Waals surface area contributed by atoms with Crippen LogP contribution in [0, 0.1) is 0 Å².